The fraction of sp³-hybridized carbons (Fsp3) is 0.312. The molecule has 2 aromatic rings. The van der Waals surface area contributed by atoms with Gasteiger partial charge in [-0.1, -0.05) is 74.3 Å². The molecule has 112 valence electrons. The van der Waals surface area contributed by atoms with Crippen LogP contribution in [0.5, 0.6) is 0 Å². The number of nitrogens with one attached hydrogen (secondary N) is 1. The maximum Gasteiger partial charge on any atom is 0.407 e. The summed E-state index contributed by atoms with van der Waals surface area (Å²) in [6, 6.07) is 14.1. The van der Waals surface area contributed by atoms with E-state index in [0.717, 1.165) is 16.3 Å². The first kappa shape index (κ1) is 16.3. The van der Waals surface area contributed by atoms with Gasteiger partial charge in [-0.2, -0.15) is 0 Å². The van der Waals surface area contributed by atoms with Gasteiger partial charge in [0.25, 0.3) is 0 Å². The van der Waals surface area contributed by atoms with E-state index in [-0.39, 0.29) is 12.1 Å². The maximum absolute atomic E-state index is 11.9. The van der Waals surface area contributed by atoms with E-state index in [1.165, 1.54) is 0 Å². The number of carbonyl (C=O) groups excluding carboxylic acids is 1. The number of benzene rings is 2. The van der Waals surface area contributed by atoms with Crippen molar-refractivity contribution in [2.75, 3.05) is 10.7 Å². The van der Waals surface area contributed by atoms with E-state index < -0.39 is 6.09 Å². The zero-order valence-electron chi connectivity index (χ0n) is 11.7. The molecule has 0 heterocycles. The van der Waals surface area contributed by atoms with Gasteiger partial charge in [0.05, 0.1) is 6.04 Å². The molecule has 0 aliphatic heterocycles. The van der Waals surface area contributed by atoms with Crippen LogP contribution in [0.25, 0.3) is 10.8 Å². The highest BCUT2D eigenvalue weighted by atomic mass is 79.9. The third-order valence-electron chi connectivity index (χ3n) is 3.24. The lowest BCUT2D eigenvalue weighted by molar-refractivity contribution is 0.117. The predicted octanol–water partition coefficient (Wildman–Crippen LogP) is 4.79. The van der Waals surface area contributed by atoms with Crippen molar-refractivity contribution < 1.29 is 9.53 Å². The molecule has 0 spiro atoms. The number of hydrogen-bond donors (Lipinski definition) is 1. The number of ether oxygens (including phenoxy) is 1. The topological polar surface area (TPSA) is 38.3 Å². The molecule has 0 aromatic heterocycles. The molecule has 0 saturated heterocycles. The van der Waals surface area contributed by atoms with Gasteiger partial charge >= 0.3 is 6.09 Å². The van der Waals surface area contributed by atoms with Crippen LogP contribution in [0.1, 0.15) is 18.5 Å². The monoisotopic (exact) mass is 413 g/mol. The summed E-state index contributed by atoms with van der Waals surface area (Å²) in [7, 11) is 0. The minimum Gasteiger partial charge on any atom is -0.444 e. The second-order valence-electron chi connectivity index (χ2n) is 4.77. The molecule has 1 unspecified atom stereocenters. The van der Waals surface area contributed by atoms with Gasteiger partial charge in [0.2, 0.25) is 0 Å². The van der Waals surface area contributed by atoms with Gasteiger partial charge in [0.15, 0.2) is 0 Å². The standard InChI is InChI=1S/C16H17Br2NO2/c1-11(19-16(20)21-13(9-17)10-18)14-8-4-6-12-5-2-3-7-15(12)14/h2-8,11,13H,9-10H2,1H3,(H,19,20). The third-order valence-corrected chi connectivity index (χ3v) is 4.69. The van der Waals surface area contributed by atoms with Crippen LogP contribution in [0.15, 0.2) is 42.5 Å². The summed E-state index contributed by atoms with van der Waals surface area (Å²) in [5, 5.41) is 6.40. The van der Waals surface area contributed by atoms with Gasteiger partial charge in [0.1, 0.15) is 6.10 Å². The fourth-order valence-electron chi connectivity index (χ4n) is 2.17. The molecule has 0 aliphatic rings. The van der Waals surface area contributed by atoms with Crippen molar-refractivity contribution in [2.24, 2.45) is 0 Å². The van der Waals surface area contributed by atoms with Gasteiger partial charge in [-0.25, -0.2) is 4.79 Å². The average Bonchev–Trinajstić information content (AvgIpc) is 2.51. The van der Waals surface area contributed by atoms with Gasteiger partial charge in [-0.3, -0.25) is 0 Å². The van der Waals surface area contributed by atoms with Crippen LogP contribution in [0.4, 0.5) is 4.79 Å². The van der Waals surface area contributed by atoms with Crippen molar-refractivity contribution in [3.8, 4) is 0 Å². The Labute approximate surface area is 141 Å². The number of amides is 1. The van der Waals surface area contributed by atoms with Crippen LogP contribution in [-0.4, -0.2) is 22.9 Å². The van der Waals surface area contributed by atoms with E-state index >= 15 is 0 Å². The van der Waals surface area contributed by atoms with Crippen LogP contribution in [0.3, 0.4) is 0 Å². The van der Waals surface area contributed by atoms with Crippen LogP contribution < -0.4 is 5.32 Å². The van der Waals surface area contributed by atoms with E-state index in [4.69, 9.17) is 4.74 Å². The summed E-state index contributed by atoms with van der Waals surface area (Å²) >= 11 is 6.63. The van der Waals surface area contributed by atoms with E-state index in [1.807, 2.05) is 31.2 Å². The SMILES string of the molecule is CC(NC(=O)OC(CBr)CBr)c1cccc2ccccc12. The molecule has 0 fully saturated rings. The summed E-state index contributed by atoms with van der Waals surface area (Å²) in [4.78, 5) is 11.9. The first-order valence-electron chi connectivity index (χ1n) is 6.72. The Morgan fingerprint density at radius 3 is 2.52 bits per heavy atom. The minimum absolute atomic E-state index is 0.116. The second kappa shape index (κ2) is 7.80. The van der Waals surface area contributed by atoms with E-state index in [1.54, 1.807) is 0 Å². The molecule has 21 heavy (non-hydrogen) atoms. The van der Waals surface area contributed by atoms with Crippen molar-refractivity contribution in [1.82, 2.24) is 5.32 Å². The lowest BCUT2D eigenvalue weighted by Crippen LogP contribution is -2.32. The number of rotatable bonds is 5. The van der Waals surface area contributed by atoms with Crippen LogP contribution in [-0.2, 0) is 4.74 Å². The zero-order chi connectivity index (χ0) is 15.2. The summed E-state index contributed by atoms with van der Waals surface area (Å²) in [5.74, 6) is 0. The Bertz CT molecular complexity index is 609. The molecule has 2 rings (SSSR count). The number of carbonyl (C=O) groups is 1. The Morgan fingerprint density at radius 1 is 1.14 bits per heavy atom. The van der Waals surface area contributed by atoms with E-state index in [0.29, 0.717) is 10.7 Å². The van der Waals surface area contributed by atoms with Crippen molar-refractivity contribution in [3.63, 3.8) is 0 Å². The highest BCUT2D eigenvalue weighted by Crippen LogP contribution is 2.24. The van der Waals surface area contributed by atoms with Gasteiger partial charge in [-0.15, -0.1) is 0 Å². The second-order valence-corrected chi connectivity index (χ2v) is 6.07. The number of halogens is 2. The third kappa shape index (κ3) is 4.20. The summed E-state index contributed by atoms with van der Waals surface area (Å²) in [6.45, 7) is 1.96. The minimum atomic E-state index is -0.403. The van der Waals surface area contributed by atoms with Crippen LogP contribution in [0, 0.1) is 0 Å². The van der Waals surface area contributed by atoms with E-state index in [9.17, 15) is 4.79 Å². The first-order chi connectivity index (χ1) is 10.2. The Balaban J connectivity index is 2.12. The normalized spacial score (nSPS) is 12.4. The molecule has 0 radical (unpaired) electrons. The van der Waals surface area contributed by atoms with Gasteiger partial charge < -0.3 is 10.1 Å². The molecule has 1 N–H and O–H groups in total. The quantitative estimate of drug-likeness (QED) is 0.714. The number of fused-ring (bicyclic) bond motifs is 1. The fourth-order valence-corrected chi connectivity index (χ4v) is 3.51. The molecule has 0 aliphatic carbocycles. The van der Waals surface area contributed by atoms with Crippen LogP contribution in [0.2, 0.25) is 0 Å². The van der Waals surface area contributed by atoms with Crippen molar-refractivity contribution in [3.05, 3.63) is 48.0 Å². The molecular weight excluding hydrogens is 398 g/mol. The molecule has 5 heteroatoms. The highest BCUT2D eigenvalue weighted by Gasteiger charge is 2.16. The number of hydrogen-bond acceptors (Lipinski definition) is 2. The van der Waals surface area contributed by atoms with Gasteiger partial charge in [0, 0.05) is 10.7 Å². The van der Waals surface area contributed by atoms with E-state index in [2.05, 4.69) is 55.4 Å². The largest absolute Gasteiger partial charge is 0.444 e. The average molecular weight is 415 g/mol. The summed E-state index contributed by atoms with van der Waals surface area (Å²) < 4.78 is 5.31. The Morgan fingerprint density at radius 2 is 1.81 bits per heavy atom. The first-order valence-corrected chi connectivity index (χ1v) is 8.96. The Kier molecular flexibility index (Phi) is 6.06. The predicted molar refractivity (Wildman–Crippen MR) is 93.4 cm³/mol. The molecule has 0 saturated carbocycles. The smallest absolute Gasteiger partial charge is 0.407 e. The Hall–Kier alpha value is -1.07. The highest BCUT2D eigenvalue weighted by molar-refractivity contribution is 9.09. The zero-order valence-corrected chi connectivity index (χ0v) is 14.9. The maximum atomic E-state index is 11.9. The lowest BCUT2D eigenvalue weighted by Gasteiger charge is -2.19. The van der Waals surface area contributed by atoms with Crippen LogP contribution >= 0.6 is 31.9 Å². The number of alkyl carbamates (subject to hydrolysis) is 1. The number of alkyl halides is 2. The summed E-state index contributed by atoms with van der Waals surface area (Å²) in [6.07, 6.45) is -0.580. The molecule has 0 bridgehead atoms. The van der Waals surface area contributed by atoms with Gasteiger partial charge in [-0.05, 0) is 23.3 Å². The molecular formula is C16H17Br2NO2. The molecule has 3 nitrogen and oxygen atoms in total. The van der Waals surface area contributed by atoms with Crippen molar-refractivity contribution in [1.29, 1.82) is 0 Å². The summed E-state index contributed by atoms with van der Waals surface area (Å²) in [5.41, 5.74) is 1.08. The molecule has 1 amide bonds. The molecule has 2 aromatic carbocycles. The lowest BCUT2D eigenvalue weighted by atomic mass is 10.00. The van der Waals surface area contributed by atoms with Crippen molar-refractivity contribution in [2.45, 2.75) is 19.1 Å². The molecule has 1 atom stereocenters. The van der Waals surface area contributed by atoms with Crippen molar-refractivity contribution >= 4 is 48.7 Å².